The van der Waals surface area contributed by atoms with E-state index in [0.717, 1.165) is 41.4 Å². The van der Waals surface area contributed by atoms with Gasteiger partial charge in [-0.15, -0.1) is 0 Å². The average Bonchev–Trinajstić information content (AvgIpc) is 2.72. The van der Waals surface area contributed by atoms with Gasteiger partial charge in [0.05, 0.1) is 6.54 Å². The van der Waals surface area contributed by atoms with E-state index in [1.807, 2.05) is 30.3 Å². The zero-order valence-corrected chi connectivity index (χ0v) is 17.0. The summed E-state index contributed by atoms with van der Waals surface area (Å²) in [5.41, 5.74) is 4.14. The van der Waals surface area contributed by atoms with E-state index in [0.29, 0.717) is 12.1 Å². The number of anilines is 1. The molecule has 1 spiro atoms. The number of rotatable bonds is 3. The lowest BCUT2D eigenvalue weighted by Crippen LogP contribution is -2.43. The summed E-state index contributed by atoms with van der Waals surface area (Å²) in [6.45, 7) is 0.606. The molecule has 146 valence electrons. The normalized spacial score (nSPS) is 19.1. The molecule has 1 aliphatic carbocycles. The molecule has 1 saturated carbocycles. The fraction of sp³-hybridized carbons (Fsp3) is 0.391. The molecule has 2 aromatic rings. The van der Waals surface area contributed by atoms with Crippen LogP contribution in [0.1, 0.15) is 53.6 Å². The lowest BCUT2D eigenvalue weighted by Gasteiger charge is -2.42. The zero-order valence-electron chi connectivity index (χ0n) is 16.2. The maximum Gasteiger partial charge on any atom is 0.251 e. The lowest BCUT2D eigenvalue weighted by atomic mass is 9.67. The molecule has 2 aliphatic rings. The Morgan fingerprint density at radius 2 is 2.00 bits per heavy atom. The Balaban J connectivity index is 1.68. The molecule has 28 heavy (non-hydrogen) atoms. The molecule has 0 radical (unpaired) electrons. The molecule has 1 amide bonds. The van der Waals surface area contributed by atoms with Crippen molar-refractivity contribution in [2.24, 2.45) is 10.4 Å². The first-order valence-corrected chi connectivity index (χ1v) is 10.4. The molecular formula is C23H26ClN3O. The largest absolute Gasteiger partial charge is 0.355 e. The van der Waals surface area contributed by atoms with Crippen molar-refractivity contribution < 1.29 is 4.79 Å². The van der Waals surface area contributed by atoms with Crippen molar-refractivity contribution in [3.05, 3.63) is 64.2 Å². The van der Waals surface area contributed by atoms with Crippen molar-refractivity contribution in [3.63, 3.8) is 0 Å². The average molecular weight is 396 g/mol. The second-order valence-corrected chi connectivity index (χ2v) is 8.33. The number of carbonyl (C=O) groups is 1. The summed E-state index contributed by atoms with van der Waals surface area (Å²) in [4.78, 5) is 17.0. The molecule has 1 heterocycles. The summed E-state index contributed by atoms with van der Waals surface area (Å²) in [6.07, 6.45) is 7.08. The minimum Gasteiger partial charge on any atom is -0.355 e. The second kappa shape index (κ2) is 7.96. The van der Waals surface area contributed by atoms with Crippen LogP contribution in [0.5, 0.6) is 0 Å². The van der Waals surface area contributed by atoms with Gasteiger partial charge in [-0.3, -0.25) is 9.79 Å². The van der Waals surface area contributed by atoms with E-state index in [9.17, 15) is 4.79 Å². The monoisotopic (exact) mass is 395 g/mol. The van der Waals surface area contributed by atoms with Gasteiger partial charge in [-0.1, -0.05) is 49.1 Å². The van der Waals surface area contributed by atoms with Crippen LogP contribution >= 0.6 is 11.6 Å². The lowest BCUT2D eigenvalue weighted by molar-refractivity contribution is 0.0963. The van der Waals surface area contributed by atoms with Gasteiger partial charge in [-0.2, -0.15) is 0 Å². The summed E-state index contributed by atoms with van der Waals surface area (Å²) >= 11 is 6.13. The number of halogens is 1. The van der Waals surface area contributed by atoms with E-state index in [4.69, 9.17) is 16.6 Å². The Bertz CT molecular complexity index is 916. The van der Waals surface area contributed by atoms with Crippen LogP contribution in [0.15, 0.2) is 47.5 Å². The van der Waals surface area contributed by atoms with Crippen molar-refractivity contribution in [1.29, 1.82) is 0 Å². The summed E-state index contributed by atoms with van der Waals surface area (Å²) < 4.78 is 0. The molecule has 2 aromatic carbocycles. The molecule has 1 fully saturated rings. The Hall–Kier alpha value is -2.33. The van der Waals surface area contributed by atoms with E-state index in [-0.39, 0.29) is 11.3 Å². The number of benzene rings is 2. The molecule has 0 bridgehead atoms. The number of aliphatic imine (C=N–C) groups is 1. The van der Waals surface area contributed by atoms with Gasteiger partial charge < -0.3 is 10.6 Å². The highest BCUT2D eigenvalue weighted by molar-refractivity contribution is 6.30. The number of nitrogens with zero attached hydrogens (tertiary/aromatic N) is 1. The smallest absolute Gasteiger partial charge is 0.251 e. The molecule has 0 unspecified atom stereocenters. The maximum absolute atomic E-state index is 12.0. The van der Waals surface area contributed by atoms with Crippen molar-refractivity contribution >= 4 is 29.0 Å². The fourth-order valence-corrected chi connectivity index (χ4v) is 4.71. The quantitative estimate of drug-likeness (QED) is 0.748. The van der Waals surface area contributed by atoms with E-state index < -0.39 is 0 Å². The molecule has 4 rings (SSSR count). The molecule has 2 N–H and O–H groups in total. The first kappa shape index (κ1) is 19.0. The van der Waals surface area contributed by atoms with Gasteiger partial charge in [0.2, 0.25) is 0 Å². The van der Waals surface area contributed by atoms with Gasteiger partial charge in [-0.25, -0.2) is 0 Å². The van der Waals surface area contributed by atoms with Gasteiger partial charge >= 0.3 is 0 Å². The number of amidine groups is 1. The highest BCUT2D eigenvalue weighted by Gasteiger charge is 2.41. The van der Waals surface area contributed by atoms with Gasteiger partial charge in [0, 0.05) is 28.7 Å². The van der Waals surface area contributed by atoms with Crippen LogP contribution < -0.4 is 10.6 Å². The van der Waals surface area contributed by atoms with E-state index >= 15 is 0 Å². The third-order valence-electron chi connectivity index (χ3n) is 6.00. The third-order valence-corrected chi connectivity index (χ3v) is 6.24. The first-order chi connectivity index (χ1) is 13.6. The summed E-state index contributed by atoms with van der Waals surface area (Å²) in [5, 5.41) is 7.04. The molecule has 1 aliphatic heterocycles. The third kappa shape index (κ3) is 3.79. The van der Waals surface area contributed by atoms with E-state index in [1.165, 1.54) is 24.8 Å². The number of hydrogen-bond acceptors (Lipinski definition) is 2. The summed E-state index contributed by atoms with van der Waals surface area (Å²) in [6, 6.07) is 13.8. The zero-order chi connectivity index (χ0) is 19.6. The van der Waals surface area contributed by atoms with Crippen LogP contribution in [0.2, 0.25) is 5.02 Å². The van der Waals surface area contributed by atoms with Gasteiger partial charge in [0.25, 0.3) is 5.91 Å². The molecule has 0 atom stereocenters. The molecule has 0 saturated heterocycles. The standard InChI is InChI=1S/C23H26ClN3O/c1-25-21(28)17-8-9-18-14-23(10-3-2-4-11-23)22(27-20(18)13-17)26-15-16-6-5-7-19(24)12-16/h5-9,12-13H,2-4,10-11,14-15H2,1H3,(H,25,28)(H,26,27). The van der Waals surface area contributed by atoms with E-state index in [2.05, 4.69) is 22.8 Å². The molecular weight excluding hydrogens is 370 g/mol. The number of nitrogens with one attached hydrogen (secondary N) is 2. The predicted molar refractivity (Wildman–Crippen MR) is 115 cm³/mol. The number of fused-ring (bicyclic) bond motifs is 1. The van der Waals surface area contributed by atoms with Crippen LogP contribution in [0, 0.1) is 5.41 Å². The van der Waals surface area contributed by atoms with Crippen molar-refractivity contribution in [2.45, 2.75) is 45.1 Å². The van der Waals surface area contributed by atoms with Gasteiger partial charge in [-0.05, 0) is 54.7 Å². The van der Waals surface area contributed by atoms with Crippen LogP contribution in [-0.4, -0.2) is 18.8 Å². The van der Waals surface area contributed by atoms with Gasteiger partial charge in [0.1, 0.15) is 5.84 Å². The summed E-state index contributed by atoms with van der Waals surface area (Å²) in [7, 11) is 1.66. The molecule has 4 nitrogen and oxygen atoms in total. The SMILES string of the molecule is CNC(=O)c1ccc2c(c1)NC(=NCc1cccc(Cl)c1)C1(CCCCC1)C2. The van der Waals surface area contributed by atoms with E-state index in [1.54, 1.807) is 7.05 Å². The minimum atomic E-state index is -0.0695. The minimum absolute atomic E-state index is 0.0695. The second-order valence-electron chi connectivity index (χ2n) is 7.89. The van der Waals surface area contributed by atoms with Crippen molar-refractivity contribution in [1.82, 2.24) is 5.32 Å². The number of hydrogen-bond donors (Lipinski definition) is 2. The Morgan fingerprint density at radius 1 is 1.18 bits per heavy atom. The van der Waals surface area contributed by atoms with Crippen molar-refractivity contribution in [2.75, 3.05) is 12.4 Å². The highest BCUT2D eigenvalue weighted by atomic mass is 35.5. The number of carbonyl (C=O) groups excluding carboxylic acids is 1. The van der Waals surface area contributed by atoms with Gasteiger partial charge in [0.15, 0.2) is 0 Å². The molecule has 5 heteroatoms. The van der Waals surface area contributed by atoms with Crippen LogP contribution in [-0.2, 0) is 13.0 Å². The Kier molecular flexibility index (Phi) is 5.40. The van der Waals surface area contributed by atoms with Crippen LogP contribution in [0.3, 0.4) is 0 Å². The fourth-order valence-electron chi connectivity index (χ4n) is 4.50. The van der Waals surface area contributed by atoms with Crippen LogP contribution in [0.25, 0.3) is 0 Å². The topological polar surface area (TPSA) is 53.5 Å². The number of amides is 1. The maximum atomic E-state index is 12.0. The first-order valence-electron chi connectivity index (χ1n) is 10.0. The van der Waals surface area contributed by atoms with Crippen LogP contribution in [0.4, 0.5) is 5.69 Å². The van der Waals surface area contributed by atoms with Crippen molar-refractivity contribution in [3.8, 4) is 0 Å². The highest BCUT2D eigenvalue weighted by Crippen LogP contribution is 2.45. The summed E-state index contributed by atoms with van der Waals surface area (Å²) in [5.74, 6) is 0.994. The molecule has 0 aromatic heterocycles. The Morgan fingerprint density at radius 3 is 2.75 bits per heavy atom. The predicted octanol–water partition coefficient (Wildman–Crippen LogP) is 5.22. The Labute approximate surface area is 171 Å².